The Labute approximate surface area is 227 Å². The van der Waals surface area contributed by atoms with Crippen molar-refractivity contribution >= 4 is 67.7 Å². The molecule has 1 fully saturated rings. The molecule has 0 aliphatic carbocycles. The van der Waals surface area contributed by atoms with E-state index in [0.717, 1.165) is 38.6 Å². The number of hydrogen-bond donors (Lipinski definition) is 1. The van der Waals surface area contributed by atoms with Gasteiger partial charge in [0.05, 0.1) is 17.4 Å². The van der Waals surface area contributed by atoms with Gasteiger partial charge < -0.3 is 0 Å². The number of nitrogens with one attached hydrogen (secondary N) is 1. The minimum absolute atomic E-state index is 0.0341. The number of hydrogen-bond acceptors (Lipinski definition) is 5. The summed E-state index contributed by atoms with van der Waals surface area (Å²) in [5.74, 6) is -0.597. The Balaban J connectivity index is 1.40. The molecule has 3 aromatic rings. The number of hydrazone groups is 1. The zero-order valence-corrected chi connectivity index (χ0v) is 22.5. The van der Waals surface area contributed by atoms with E-state index in [9.17, 15) is 9.59 Å². The molecule has 2 aliphatic rings. The van der Waals surface area contributed by atoms with E-state index < -0.39 is 5.25 Å². The molecule has 2 unspecified atom stereocenters. The van der Waals surface area contributed by atoms with E-state index in [1.165, 1.54) is 4.90 Å². The largest absolute Gasteiger partial charge is 0.277 e. The van der Waals surface area contributed by atoms with Crippen LogP contribution in [0.3, 0.4) is 0 Å². The predicted molar refractivity (Wildman–Crippen MR) is 149 cm³/mol. The number of nitrogens with zero attached hydrogens (tertiary/aromatic N) is 3. The molecule has 9 heteroatoms. The number of anilines is 1. The summed E-state index contributed by atoms with van der Waals surface area (Å²) in [6.45, 7) is 2.03. The SMILES string of the molecule is Cc1ccc(C2=NN(C(=N)SC3CC(=O)N(c4cccc(Br)c4)C3=O)C(c3ccc(Cl)cc3)C2)cc1. The smallest absolute Gasteiger partial charge is 0.247 e. The van der Waals surface area contributed by atoms with Gasteiger partial charge in [-0.15, -0.1) is 0 Å². The van der Waals surface area contributed by atoms with Gasteiger partial charge in [-0.2, -0.15) is 5.10 Å². The molecule has 3 aromatic carbocycles. The number of carbonyl (C=O) groups is 2. The molecule has 0 radical (unpaired) electrons. The Hall–Kier alpha value is -2.94. The summed E-state index contributed by atoms with van der Waals surface area (Å²) in [5, 5.41) is 15.4. The summed E-state index contributed by atoms with van der Waals surface area (Å²) in [6, 6.07) is 22.5. The maximum absolute atomic E-state index is 13.2. The van der Waals surface area contributed by atoms with Gasteiger partial charge in [0.1, 0.15) is 5.25 Å². The molecule has 0 spiro atoms. The van der Waals surface area contributed by atoms with Crippen molar-refractivity contribution in [2.75, 3.05) is 4.90 Å². The quantitative estimate of drug-likeness (QED) is 0.215. The molecular formula is C27H22BrClN4O2S. The van der Waals surface area contributed by atoms with Crippen molar-refractivity contribution < 1.29 is 9.59 Å². The van der Waals surface area contributed by atoms with E-state index in [1.54, 1.807) is 23.2 Å². The van der Waals surface area contributed by atoms with E-state index >= 15 is 0 Å². The predicted octanol–water partition coefficient (Wildman–Crippen LogP) is 6.56. The number of amidine groups is 1. The van der Waals surface area contributed by atoms with Crippen LogP contribution in [0.1, 0.15) is 35.6 Å². The van der Waals surface area contributed by atoms with Gasteiger partial charge in [0.15, 0.2) is 5.17 Å². The maximum Gasteiger partial charge on any atom is 0.247 e. The average molecular weight is 582 g/mol. The summed E-state index contributed by atoms with van der Waals surface area (Å²) in [4.78, 5) is 27.1. The summed E-state index contributed by atoms with van der Waals surface area (Å²) >= 11 is 10.6. The number of carbonyl (C=O) groups excluding carboxylic acids is 2. The van der Waals surface area contributed by atoms with Gasteiger partial charge in [-0.25, -0.2) is 9.91 Å². The van der Waals surface area contributed by atoms with Crippen molar-refractivity contribution in [2.24, 2.45) is 5.10 Å². The normalized spacial score (nSPS) is 19.7. The first-order valence-corrected chi connectivity index (χ1v) is 13.4. The molecule has 2 amide bonds. The topological polar surface area (TPSA) is 76.8 Å². The minimum Gasteiger partial charge on any atom is -0.277 e. The van der Waals surface area contributed by atoms with E-state index in [0.29, 0.717) is 17.1 Å². The zero-order valence-electron chi connectivity index (χ0n) is 19.3. The summed E-state index contributed by atoms with van der Waals surface area (Å²) in [7, 11) is 0. The Morgan fingerprint density at radius 1 is 1.06 bits per heavy atom. The van der Waals surface area contributed by atoms with Crippen LogP contribution in [0.2, 0.25) is 5.02 Å². The van der Waals surface area contributed by atoms with Crippen LogP contribution in [0.25, 0.3) is 0 Å². The molecular weight excluding hydrogens is 560 g/mol. The number of amides is 2. The Bertz CT molecular complexity index is 1380. The van der Waals surface area contributed by atoms with Crippen molar-refractivity contribution in [3.63, 3.8) is 0 Å². The van der Waals surface area contributed by atoms with Gasteiger partial charge >= 0.3 is 0 Å². The number of imide groups is 1. The second-order valence-corrected chi connectivity index (χ2v) is 11.2. The van der Waals surface area contributed by atoms with E-state index in [-0.39, 0.29) is 29.4 Å². The lowest BCUT2D eigenvalue weighted by Crippen LogP contribution is -2.32. The number of benzene rings is 3. The zero-order chi connectivity index (χ0) is 25.4. The number of thioether (sulfide) groups is 1. The highest BCUT2D eigenvalue weighted by Crippen LogP contribution is 2.38. The van der Waals surface area contributed by atoms with Crippen LogP contribution in [-0.2, 0) is 9.59 Å². The molecule has 0 aromatic heterocycles. The lowest BCUT2D eigenvalue weighted by molar-refractivity contribution is -0.121. The fourth-order valence-electron chi connectivity index (χ4n) is 4.33. The van der Waals surface area contributed by atoms with Gasteiger partial charge in [-0.3, -0.25) is 15.0 Å². The first-order valence-electron chi connectivity index (χ1n) is 11.4. The van der Waals surface area contributed by atoms with Gasteiger partial charge in [0.25, 0.3) is 0 Å². The molecule has 0 bridgehead atoms. The molecule has 5 rings (SSSR count). The highest BCUT2D eigenvalue weighted by atomic mass is 79.9. The van der Waals surface area contributed by atoms with E-state index in [2.05, 4.69) is 15.9 Å². The third-order valence-corrected chi connectivity index (χ3v) is 7.99. The molecule has 2 heterocycles. The molecule has 2 aliphatic heterocycles. The fourth-order valence-corrected chi connectivity index (χ4v) is 5.82. The van der Waals surface area contributed by atoms with E-state index in [4.69, 9.17) is 22.1 Å². The first kappa shape index (κ1) is 24.7. The van der Waals surface area contributed by atoms with Gasteiger partial charge in [0, 0.05) is 22.3 Å². The van der Waals surface area contributed by atoms with Gasteiger partial charge in [-0.1, -0.05) is 87.3 Å². The molecule has 1 saturated heterocycles. The highest BCUT2D eigenvalue weighted by Gasteiger charge is 2.42. The van der Waals surface area contributed by atoms with Crippen LogP contribution < -0.4 is 4.90 Å². The Morgan fingerprint density at radius 2 is 1.78 bits per heavy atom. The van der Waals surface area contributed by atoms with Crippen LogP contribution in [-0.4, -0.2) is 33.0 Å². The monoisotopic (exact) mass is 580 g/mol. The van der Waals surface area contributed by atoms with Crippen molar-refractivity contribution in [1.82, 2.24) is 5.01 Å². The van der Waals surface area contributed by atoms with Crippen LogP contribution >= 0.6 is 39.3 Å². The Kier molecular flexibility index (Phi) is 7.01. The lowest BCUT2D eigenvalue weighted by atomic mass is 9.98. The minimum atomic E-state index is -0.687. The van der Waals surface area contributed by atoms with Crippen molar-refractivity contribution in [3.05, 3.63) is 99.0 Å². The second-order valence-electron chi connectivity index (χ2n) is 8.69. The summed E-state index contributed by atoms with van der Waals surface area (Å²) in [6.07, 6.45) is 0.641. The average Bonchev–Trinajstić information content (AvgIpc) is 3.41. The number of aryl methyl sites for hydroxylation is 1. The Morgan fingerprint density at radius 3 is 2.47 bits per heavy atom. The molecule has 36 heavy (non-hydrogen) atoms. The third kappa shape index (κ3) is 4.98. The van der Waals surface area contributed by atoms with Crippen LogP contribution in [0.4, 0.5) is 5.69 Å². The van der Waals surface area contributed by atoms with Crippen LogP contribution in [0.5, 0.6) is 0 Å². The summed E-state index contributed by atoms with van der Waals surface area (Å²) in [5.41, 5.74) is 4.51. The second kappa shape index (κ2) is 10.2. The van der Waals surface area contributed by atoms with Gasteiger partial charge in [0.2, 0.25) is 11.8 Å². The maximum atomic E-state index is 13.2. The molecule has 2 atom stereocenters. The van der Waals surface area contributed by atoms with Crippen molar-refractivity contribution in [2.45, 2.75) is 31.1 Å². The fraction of sp³-hybridized carbons (Fsp3) is 0.185. The number of halogens is 2. The first-order chi connectivity index (χ1) is 17.3. The van der Waals surface area contributed by atoms with Crippen molar-refractivity contribution in [3.8, 4) is 0 Å². The van der Waals surface area contributed by atoms with Crippen molar-refractivity contribution in [1.29, 1.82) is 5.41 Å². The molecule has 6 nitrogen and oxygen atoms in total. The van der Waals surface area contributed by atoms with E-state index in [1.807, 2.05) is 61.5 Å². The van der Waals surface area contributed by atoms with Crippen LogP contribution in [0.15, 0.2) is 82.4 Å². The molecule has 0 saturated carbocycles. The summed E-state index contributed by atoms with van der Waals surface area (Å²) < 4.78 is 0.783. The highest BCUT2D eigenvalue weighted by molar-refractivity contribution is 9.10. The number of rotatable bonds is 4. The van der Waals surface area contributed by atoms with Crippen LogP contribution in [0, 0.1) is 12.3 Å². The molecule has 1 N–H and O–H groups in total. The lowest BCUT2D eigenvalue weighted by Gasteiger charge is -2.24. The third-order valence-electron chi connectivity index (χ3n) is 6.18. The standard InChI is InChI=1S/C27H22BrClN4O2S/c1-16-5-7-17(8-6-16)22-14-23(18-9-11-20(29)12-10-18)33(31-22)27(30)36-24-15-25(34)32(26(24)35)21-4-2-3-19(28)13-21/h2-13,23-24,30H,14-15H2,1H3. The molecule has 182 valence electrons. The van der Waals surface area contributed by atoms with Gasteiger partial charge in [-0.05, 0) is 48.4 Å².